The van der Waals surface area contributed by atoms with E-state index in [0.29, 0.717) is 0 Å². The van der Waals surface area contributed by atoms with Crippen LogP contribution in [0.3, 0.4) is 0 Å². The Morgan fingerprint density at radius 2 is 1.75 bits per heavy atom. The van der Waals surface area contributed by atoms with E-state index in [4.69, 9.17) is 0 Å². The summed E-state index contributed by atoms with van der Waals surface area (Å²) in [6, 6.07) is -1.00. The van der Waals surface area contributed by atoms with Crippen molar-refractivity contribution in [2.45, 2.75) is 12.1 Å². The van der Waals surface area contributed by atoms with Gasteiger partial charge in [-0.05, 0) is 0 Å². The molecule has 1 heterocycles. The minimum absolute atomic E-state index is 0.202. The first-order valence-corrected chi connectivity index (χ1v) is 4.09. The second kappa shape index (κ2) is 3.56. The van der Waals surface area contributed by atoms with Gasteiger partial charge < -0.3 is 5.32 Å². The third kappa shape index (κ3) is 1.81. The van der Waals surface area contributed by atoms with Gasteiger partial charge in [-0.2, -0.15) is 22.0 Å². The van der Waals surface area contributed by atoms with Gasteiger partial charge in [0.05, 0.1) is 0 Å². The normalized spacial score (nSPS) is 23.4. The summed E-state index contributed by atoms with van der Waals surface area (Å²) in [5.74, 6) is -9.33. The average molecular weight is 246 g/mol. The van der Waals surface area contributed by atoms with Gasteiger partial charge in [-0.3, -0.25) is 9.69 Å². The van der Waals surface area contributed by atoms with Gasteiger partial charge in [-0.1, -0.05) is 0 Å². The van der Waals surface area contributed by atoms with Gasteiger partial charge in [-0.15, -0.1) is 0 Å². The Morgan fingerprint density at radius 1 is 1.25 bits per heavy atom. The maximum atomic E-state index is 12.8. The molecule has 16 heavy (non-hydrogen) atoms. The second-order valence-electron chi connectivity index (χ2n) is 3.26. The number of imide groups is 1. The van der Waals surface area contributed by atoms with Gasteiger partial charge in [0.1, 0.15) is 5.92 Å². The summed E-state index contributed by atoms with van der Waals surface area (Å²) in [5.41, 5.74) is 0. The molecular weight excluding hydrogens is 239 g/mol. The lowest BCUT2D eigenvalue weighted by Gasteiger charge is -2.33. The first-order chi connectivity index (χ1) is 7.09. The number of halogens is 5. The lowest BCUT2D eigenvalue weighted by atomic mass is 9.97. The highest BCUT2D eigenvalue weighted by Gasteiger charge is 2.65. The maximum Gasteiger partial charge on any atom is 0.454 e. The number of rotatable bonds is 1. The molecule has 1 N–H and O–H groups in total. The summed E-state index contributed by atoms with van der Waals surface area (Å²) in [4.78, 5) is 22.1. The van der Waals surface area contributed by atoms with Crippen LogP contribution in [0.2, 0.25) is 0 Å². The molecule has 0 saturated carbocycles. The van der Waals surface area contributed by atoms with Crippen molar-refractivity contribution >= 4 is 11.9 Å². The van der Waals surface area contributed by atoms with Crippen molar-refractivity contribution in [1.82, 2.24) is 10.2 Å². The van der Waals surface area contributed by atoms with E-state index in [1.807, 2.05) is 0 Å². The van der Waals surface area contributed by atoms with E-state index >= 15 is 0 Å². The van der Waals surface area contributed by atoms with Crippen molar-refractivity contribution < 1.29 is 31.5 Å². The van der Waals surface area contributed by atoms with Crippen LogP contribution in [-0.4, -0.2) is 42.5 Å². The molecule has 0 aromatic rings. The smallest absolute Gasteiger partial charge is 0.337 e. The number of amides is 3. The highest BCUT2D eigenvalue weighted by molar-refractivity contribution is 5.98. The van der Waals surface area contributed by atoms with Crippen molar-refractivity contribution in [3.63, 3.8) is 0 Å². The number of urea groups is 1. The van der Waals surface area contributed by atoms with Crippen molar-refractivity contribution in [2.24, 2.45) is 5.92 Å². The molecule has 9 heteroatoms. The summed E-state index contributed by atoms with van der Waals surface area (Å²) in [5, 5.41) is 1.78. The number of hydrogen-bond acceptors (Lipinski definition) is 2. The standard InChI is InChI=1S/C7H7F5N2O2/c1-14-4(15)3(2-13-5(14)16)6(8,9)7(10,11)12/h3H,2H2,1H3,(H,13,16). The highest BCUT2D eigenvalue weighted by Crippen LogP contribution is 2.42. The average Bonchev–Trinajstić information content (AvgIpc) is 2.12. The molecule has 1 aliphatic heterocycles. The molecule has 0 spiro atoms. The number of hydrogen-bond donors (Lipinski definition) is 1. The molecule has 92 valence electrons. The van der Waals surface area contributed by atoms with Gasteiger partial charge in [-0.25, -0.2) is 4.79 Å². The van der Waals surface area contributed by atoms with Gasteiger partial charge >= 0.3 is 18.1 Å². The largest absolute Gasteiger partial charge is 0.454 e. The zero-order valence-corrected chi connectivity index (χ0v) is 7.94. The predicted octanol–water partition coefficient (Wildman–Crippen LogP) is 0.982. The zero-order valence-electron chi connectivity index (χ0n) is 7.94. The van der Waals surface area contributed by atoms with Crippen molar-refractivity contribution in [3.05, 3.63) is 0 Å². The van der Waals surface area contributed by atoms with E-state index in [2.05, 4.69) is 0 Å². The number of carbonyl (C=O) groups excluding carboxylic acids is 2. The Labute approximate surface area is 86.4 Å². The van der Waals surface area contributed by atoms with E-state index in [9.17, 15) is 31.5 Å². The first-order valence-electron chi connectivity index (χ1n) is 4.09. The zero-order chi connectivity index (χ0) is 12.7. The van der Waals surface area contributed by atoms with Crippen LogP contribution in [0.15, 0.2) is 0 Å². The molecule has 1 unspecified atom stereocenters. The molecule has 1 fully saturated rings. The summed E-state index contributed by atoms with van der Waals surface area (Å²) in [6.45, 7) is -1.03. The highest BCUT2D eigenvalue weighted by atomic mass is 19.4. The van der Waals surface area contributed by atoms with Crippen LogP contribution < -0.4 is 5.32 Å². The fourth-order valence-corrected chi connectivity index (χ4v) is 1.21. The monoisotopic (exact) mass is 246 g/mol. The Morgan fingerprint density at radius 3 is 2.19 bits per heavy atom. The third-order valence-corrected chi connectivity index (χ3v) is 2.21. The summed E-state index contributed by atoms with van der Waals surface area (Å²) >= 11 is 0. The fourth-order valence-electron chi connectivity index (χ4n) is 1.21. The van der Waals surface area contributed by atoms with Crippen molar-refractivity contribution in [3.8, 4) is 0 Å². The molecule has 0 aromatic carbocycles. The molecule has 4 nitrogen and oxygen atoms in total. The lowest BCUT2D eigenvalue weighted by molar-refractivity contribution is -0.299. The Kier molecular flexibility index (Phi) is 2.82. The number of carbonyl (C=O) groups is 2. The quantitative estimate of drug-likeness (QED) is 0.701. The molecule has 1 rings (SSSR count). The van der Waals surface area contributed by atoms with E-state index in [1.165, 1.54) is 0 Å². The van der Waals surface area contributed by atoms with Crippen LogP contribution >= 0.6 is 0 Å². The number of alkyl halides is 5. The number of nitrogens with zero attached hydrogens (tertiary/aromatic N) is 1. The van der Waals surface area contributed by atoms with E-state index in [-0.39, 0.29) is 4.90 Å². The van der Waals surface area contributed by atoms with Crippen LogP contribution in [0.4, 0.5) is 26.7 Å². The van der Waals surface area contributed by atoms with Crippen LogP contribution in [0.1, 0.15) is 0 Å². The molecule has 0 aliphatic carbocycles. The molecule has 0 bridgehead atoms. The van der Waals surface area contributed by atoms with Crippen molar-refractivity contribution in [1.29, 1.82) is 0 Å². The van der Waals surface area contributed by atoms with Crippen LogP contribution in [0, 0.1) is 5.92 Å². The van der Waals surface area contributed by atoms with E-state index < -0.39 is 36.5 Å². The van der Waals surface area contributed by atoms with Gasteiger partial charge in [0.25, 0.3) is 0 Å². The molecule has 1 aliphatic rings. The SMILES string of the molecule is CN1C(=O)NCC(C(F)(F)C(F)(F)F)C1=O. The van der Waals surface area contributed by atoms with Gasteiger partial charge in [0.2, 0.25) is 5.91 Å². The lowest BCUT2D eigenvalue weighted by Crippen LogP contribution is -2.61. The van der Waals surface area contributed by atoms with Crippen LogP contribution in [0.25, 0.3) is 0 Å². The molecule has 1 atom stereocenters. The second-order valence-corrected chi connectivity index (χ2v) is 3.26. The Balaban J connectivity index is 2.98. The first kappa shape index (κ1) is 12.7. The summed E-state index contributed by atoms with van der Waals surface area (Å²) < 4.78 is 61.6. The van der Waals surface area contributed by atoms with E-state index in [0.717, 1.165) is 7.05 Å². The molecule has 0 radical (unpaired) electrons. The fraction of sp³-hybridized carbons (Fsp3) is 0.714. The summed E-state index contributed by atoms with van der Waals surface area (Å²) in [7, 11) is 0.830. The Bertz CT molecular complexity index is 327. The van der Waals surface area contributed by atoms with E-state index in [1.54, 1.807) is 5.32 Å². The molecule has 1 saturated heterocycles. The van der Waals surface area contributed by atoms with Gasteiger partial charge in [0, 0.05) is 13.6 Å². The maximum absolute atomic E-state index is 12.8. The molecule has 0 aromatic heterocycles. The summed E-state index contributed by atoms with van der Waals surface area (Å²) in [6.07, 6.45) is -5.82. The number of nitrogens with one attached hydrogen (secondary N) is 1. The van der Waals surface area contributed by atoms with Gasteiger partial charge in [0.15, 0.2) is 0 Å². The predicted molar refractivity (Wildman–Crippen MR) is 40.7 cm³/mol. The minimum Gasteiger partial charge on any atom is -0.337 e. The van der Waals surface area contributed by atoms with Crippen molar-refractivity contribution in [2.75, 3.05) is 13.6 Å². The third-order valence-electron chi connectivity index (χ3n) is 2.21. The van der Waals surface area contributed by atoms with Crippen LogP contribution in [-0.2, 0) is 4.79 Å². The topological polar surface area (TPSA) is 49.4 Å². The molecule has 3 amide bonds. The minimum atomic E-state index is -5.82. The van der Waals surface area contributed by atoms with Crippen LogP contribution in [0.5, 0.6) is 0 Å². The molecular formula is C7H7F5N2O2. The Hall–Kier alpha value is -1.41.